The summed E-state index contributed by atoms with van der Waals surface area (Å²) in [6, 6.07) is 16.8. The molecule has 7 nitrogen and oxygen atoms in total. The van der Waals surface area contributed by atoms with Gasteiger partial charge in [-0.05, 0) is 74.7 Å². The quantitative estimate of drug-likeness (QED) is 0.271. The fraction of sp³-hybridized carbons (Fsp3) is 0.333. The van der Waals surface area contributed by atoms with Gasteiger partial charge in [0.1, 0.15) is 12.6 Å². The zero-order chi connectivity index (χ0) is 29.7. The topological polar surface area (TPSA) is 86.8 Å². The van der Waals surface area contributed by atoms with E-state index in [9.17, 15) is 18.0 Å². The van der Waals surface area contributed by atoms with E-state index in [4.69, 9.17) is 34.8 Å². The molecule has 1 atom stereocenters. The summed E-state index contributed by atoms with van der Waals surface area (Å²) in [6.45, 7) is 2.95. The monoisotopic (exact) mass is 635 g/mol. The highest BCUT2D eigenvalue weighted by Gasteiger charge is 2.33. The molecule has 1 saturated carbocycles. The lowest BCUT2D eigenvalue weighted by molar-refractivity contribution is -0.139. The van der Waals surface area contributed by atoms with Gasteiger partial charge in [0, 0.05) is 17.6 Å². The number of amides is 2. The number of hydrogen-bond donors (Lipinski definition) is 1. The number of carbonyl (C=O) groups is 2. The molecule has 0 spiro atoms. The van der Waals surface area contributed by atoms with Crippen molar-refractivity contribution in [2.24, 2.45) is 0 Å². The van der Waals surface area contributed by atoms with Crippen molar-refractivity contribution < 1.29 is 18.0 Å². The number of halogens is 3. The van der Waals surface area contributed by atoms with Crippen molar-refractivity contribution in [2.45, 2.75) is 63.1 Å². The molecule has 0 aromatic heterocycles. The van der Waals surface area contributed by atoms with Gasteiger partial charge in [0.2, 0.25) is 11.8 Å². The average Bonchev–Trinajstić information content (AvgIpc) is 3.45. The normalized spacial score (nSPS) is 14.5. The highest BCUT2D eigenvalue weighted by molar-refractivity contribution is 7.92. The minimum atomic E-state index is -4.18. The van der Waals surface area contributed by atoms with Crippen molar-refractivity contribution in [3.63, 3.8) is 0 Å². The van der Waals surface area contributed by atoms with Crippen LogP contribution in [0.1, 0.15) is 43.7 Å². The van der Waals surface area contributed by atoms with Gasteiger partial charge in [0.05, 0.1) is 20.6 Å². The third kappa shape index (κ3) is 7.74. The van der Waals surface area contributed by atoms with Gasteiger partial charge in [-0.15, -0.1) is 0 Å². The van der Waals surface area contributed by atoms with Gasteiger partial charge in [-0.3, -0.25) is 13.9 Å². The number of nitrogens with one attached hydrogen (secondary N) is 1. The van der Waals surface area contributed by atoms with E-state index in [2.05, 4.69) is 5.32 Å². The molecule has 3 aromatic carbocycles. The smallest absolute Gasteiger partial charge is 0.264 e. The van der Waals surface area contributed by atoms with E-state index in [1.807, 2.05) is 6.92 Å². The molecule has 1 aliphatic rings. The number of rotatable bonds is 10. The summed E-state index contributed by atoms with van der Waals surface area (Å²) in [5.74, 6) is -0.873. The first kappa shape index (κ1) is 31.2. The van der Waals surface area contributed by atoms with Crippen molar-refractivity contribution in [3.8, 4) is 0 Å². The fourth-order valence-corrected chi connectivity index (χ4v) is 6.72. The fourth-order valence-electron chi connectivity index (χ4n) is 4.81. The van der Waals surface area contributed by atoms with Crippen molar-refractivity contribution in [3.05, 3.63) is 92.9 Å². The van der Waals surface area contributed by atoms with Gasteiger partial charge >= 0.3 is 0 Å². The number of hydrogen-bond acceptors (Lipinski definition) is 4. The first-order valence-corrected chi connectivity index (χ1v) is 15.9. The summed E-state index contributed by atoms with van der Waals surface area (Å²) < 4.78 is 28.8. The van der Waals surface area contributed by atoms with Crippen LogP contribution in [0, 0.1) is 6.92 Å². The Kier molecular flexibility index (Phi) is 10.2. The van der Waals surface area contributed by atoms with Gasteiger partial charge < -0.3 is 10.2 Å². The predicted molar refractivity (Wildman–Crippen MR) is 164 cm³/mol. The molecule has 0 bridgehead atoms. The molecule has 4 rings (SSSR count). The highest BCUT2D eigenvalue weighted by Crippen LogP contribution is 2.28. The van der Waals surface area contributed by atoms with Crippen LogP contribution < -0.4 is 9.62 Å². The summed E-state index contributed by atoms with van der Waals surface area (Å²) >= 11 is 18.5. The maximum absolute atomic E-state index is 14.0. The number of carbonyl (C=O) groups excluding carboxylic acids is 2. The molecule has 11 heteroatoms. The zero-order valence-electron chi connectivity index (χ0n) is 22.8. The lowest BCUT2D eigenvalue weighted by Crippen LogP contribution is -2.52. The van der Waals surface area contributed by atoms with E-state index in [-0.39, 0.29) is 29.1 Å². The summed E-state index contributed by atoms with van der Waals surface area (Å²) in [7, 11) is -4.18. The van der Waals surface area contributed by atoms with Gasteiger partial charge in [0.15, 0.2) is 0 Å². The summed E-state index contributed by atoms with van der Waals surface area (Å²) in [6.07, 6.45) is 3.85. The summed E-state index contributed by atoms with van der Waals surface area (Å²) in [4.78, 5) is 28.7. The van der Waals surface area contributed by atoms with E-state index < -0.39 is 28.5 Å². The van der Waals surface area contributed by atoms with E-state index in [1.165, 1.54) is 23.1 Å². The zero-order valence-corrected chi connectivity index (χ0v) is 25.9. The standard InChI is InChI=1S/C30H32Cl3N3O4S/c1-20-10-13-26(14-11-20)41(39,40)36(25-9-5-6-23(31)17-25)19-29(37)35(18-22-12-15-27(32)28(33)16-22)21(2)30(38)34-24-7-3-4-8-24/h5-6,9-17,21,24H,3-4,7-8,18-19H2,1-2H3,(H,34,38)/t21-/m1/s1. The lowest BCUT2D eigenvalue weighted by Gasteiger charge is -2.32. The Morgan fingerprint density at radius 3 is 2.27 bits per heavy atom. The molecule has 0 unspecified atom stereocenters. The molecule has 218 valence electrons. The Bertz CT molecular complexity index is 1510. The Labute approximate surface area is 256 Å². The third-order valence-electron chi connectivity index (χ3n) is 7.19. The number of aryl methyl sites for hydroxylation is 1. The largest absolute Gasteiger partial charge is 0.352 e. The van der Waals surface area contributed by atoms with Crippen molar-refractivity contribution in [1.29, 1.82) is 0 Å². The maximum Gasteiger partial charge on any atom is 0.264 e. The number of anilines is 1. The van der Waals surface area contributed by atoms with E-state index in [0.29, 0.717) is 20.6 Å². The van der Waals surface area contributed by atoms with Crippen molar-refractivity contribution in [2.75, 3.05) is 10.8 Å². The molecule has 1 fully saturated rings. The highest BCUT2D eigenvalue weighted by atomic mass is 35.5. The first-order chi connectivity index (χ1) is 19.5. The van der Waals surface area contributed by atoms with Crippen LogP contribution >= 0.6 is 34.8 Å². The van der Waals surface area contributed by atoms with Gasteiger partial charge in [-0.1, -0.05) is 77.5 Å². The van der Waals surface area contributed by atoms with Gasteiger partial charge in [-0.25, -0.2) is 8.42 Å². The molecule has 1 N–H and O–H groups in total. The molecule has 2 amide bonds. The molecule has 41 heavy (non-hydrogen) atoms. The SMILES string of the molecule is Cc1ccc(S(=O)(=O)N(CC(=O)N(Cc2ccc(Cl)c(Cl)c2)[C@H](C)C(=O)NC2CCCC2)c2cccc(Cl)c2)cc1. The second-order valence-electron chi connectivity index (χ2n) is 10.2. The minimum absolute atomic E-state index is 0.0168. The molecule has 0 radical (unpaired) electrons. The Morgan fingerprint density at radius 2 is 1.63 bits per heavy atom. The maximum atomic E-state index is 14.0. The van der Waals surface area contributed by atoms with Crippen LogP contribution in [0.25, 0.3) is 0 Å². The second kappa shape index (κ2) is 13.5. The number of benzene rings is 3. The van der Waals surface area contributed by atoms with Crippen molar-refractivity contribution in [1.82, 2.24) is 10.2 Å². The van der Waals surface area contributed by atoms with Crippen LogP contribution in [-0.4, -0.2) is 43.8 Å². The molecule has 1 aliphatic carbocycles. The second-order valence-corrected chi connectivity index (χ2v) is 13.4. The summed E-state index contributed by atoms with van der Waals surface area (Å²) in [5.41, 5.74) is 1.76. The average molecular weight is 637 g/mol. The van der Waals surface area contributed by atoms with E-state index in [0.717, 1.165) is 35.6 Å². The third-order valence-corrected chi connectivity index (χ3v) is 9.95. The molecular formula is C30H32Cl3N3O4S. The number of sulfonamides is 1. The predicted octanol–water partition coefficient (Wildman–Crippen LogP) is 6.63. The van der Waals surface area contributed by atoms with Crippen LogP contribution in [0.2, 0.25) is 15.1 Å². The minimum Gasteiger partial charge on any atom is -0.352 e. The van der Waals surface area contributed by atoms with Crippen LogP contribution in [0.5, 0.6) is 0 Å². The summed E-state index contributed by atoms with van der Waals surface area (Å²) in [5, 5.41) is 4.03. The van der Waals surface area contributed by atoms with Gasteiger partial charge in [-0.2, -0.15) is 0 Å². The Morgan fingerprint density at radius 1 is 0.951 bits per heavy atom. The Balaban J connectivity index is 1.70. The molecule has 0 saturated heterocycles. The first-order valence-electron chi connectivity index (χ1n) is 13.3. The van der Waals surface area contributed by atoms with Crippen molar-refractivity contribution >= 4 is 62.3 Å². The lowest BCUT2D eigenvalue weighted by atomic mass is 10.1. The van der Waals surface area contributed by atoms with Crippen LogP contribution in [-0.2, 0) is 26.2 Å². The van der Waals surface area contributed by atoms with E-state index in [1.54, 1.807) is 55.5 Å². The molecule has 3 aromatic rings. The molecule has 0 heterocycles. The number of nitrogens with zero attached hydrogens (tertiary/aromatic N) is 2. The van der Waals surface area contributed by atoms with Gasteiger partial charge in [0.25, 0.3) is 10.0 Å². The molecule has 0 aliphatic heterocycles. The Hall–Kier alpha value is -2.78. The van der Waals surface area contributed by atoms with E-state index >= 15 is 0 Å². The van der Waals surface area contributed by atoms with Crippen LogP contribution in [0.3, 0.4) is 0 Å². The molecular weight excluding hydrogens is 605 g/mol. The van der Waals surface area contributed by atoms with Crippen LogP contribution in [0.15, 0.2) is 71.6 Å². The van der Waals surface area contributed by atoms with Crippen LogP contribution in [0.4, 0.5) is 5.69 Å².